The van der Waals surface area contributed by atoms with Gasteiger partial charge in [-0.1, -0.05) is 32.1 Å². The summed E-state index contributed by atoms with van der Waals surface area (Å²) in [6, 6.07) is 7.57. The van der Waals surface area contributed by atoms with Gasteiger partial charge in [-0.05, 0) is 37.1 Å². The first-order valence-corrected chi connectivity index (χ1v) is 10.2. The van der Waals surface area contributed by atoms with Gasteiger partial charge < -0.3 is 9.80 Å². The second-order valence-corrected chi connectivity index (χ2v) is 9.23. The fourth-order valence-corrected chi connectivity index (χ4v) is 3.95. The van der Waals surface area contributed by atoms with Crippen molar-refractivity contribution in [1.82, 2.24) is 15.1 Å². The summed E-state index contributed by atoms with van der Waals surface area (Å²) in [7, 11) is 3.98. The molecule has 7 nitrogen and oxygen atoms in total. The maximum Gasteiger partial charge on any atom is 0.249 e. The van der Waals surface area contributed by atoms with E-state index in [9.17, 15) is 9.59 Å². The lowest BCUT2D eigenvalue weighted by Crippen LogP contribution is -2.47. The average molecular weight is 402 g/mol. The van der Waals surface area contributed by atoms with Gasteiger partial charge in [-0.25, -0.2) is 0 Å². The molecule has 2 heterocycles. The summed E-state index contributed by atoms with van der Waals surface area (Å²) in [5.41, 5.74) is 1.55. The van der Waals surface area contributed by atoms with Crippen LogP contribution in [0.1, 0.15) is 33.6 Å². The lowest BCUT2D eigenvalue weighted by atomic mass is 9.94. The molecule has 1 fully saturated rings. The third-order valence-corrected chi connectivity index (χ3v) is 5.63. The Hall–Kier alpha value is -2.48. The van der Waals surface area contributed by atoms with E-state index in [2.05, 4.69) is 15.5 Å². The molecule has 1 atom stereocenters. The molecule has 0 bridgehead atoms. The second kappa shape index (κ2) is 7.87. The Bertz CT molecular complexity index is 854. The Labute approximate surface area is 169 Å². The Morgan fingerprint density at radius 3 is 2.46 bits per heavy atom. The van der Waals surface area contributed by atoms with Gasteiger partial charge in [-0.15, -0.1) is 10.2 Å². The molecule has 1 aliphatic heterocycles. The van der Waals surface area contributed by atoms with E-state index in [0.29, 0.717) is 18.1 Å². The molecule has 2 amide bonds. The van der Waals surface area contributed by atoms with Crippen molar-refractivity contribution in [3.8, 4) is 10.6 Å². The van der Waals surface area contributed by atoms with Crippen molar-refractivity contribution in [1.29, 1.82) is 0 Å². The van der Waals surface area contributed by atoms with E-state index < -0.39 is 11.5 Å². The standard InChI is InChI=1S/C20H27N5O2S/c1-20(2,3)18(27)25-12-6-7-15(25)16(26)21-19-23-22-17(28-19)13-8-10-14(11-9-13)24(4)5/h8-11,15H,6-7,12H2,1-5H3,(H,21,23,26)/t15-/m0/s1. The fraction of sp³-hybridized carbons (Fsp3) is 0.500. The van der Waals surface area contributed by atoms with Crippen LogP contribution in [-0.4, -0.2) is 53.6 Å². The van der Waals surface area contributed by atoms with Gasteiger partial charge in [0.2, 0.25) is 16.9 Å². The summed E-state index contributed by atoms with van der Waals surface area (Å²) in [5, 5.41) is 12.3. The van der Waals surface area contributed by atoms with Crippen molar-refractivity contribution in [2.24, 2.45) is 5.41 Å². The topological polar surface area (TPSA) is 78.4 Å². The highest BCUT2D eigenvalue weighted by Crippen LogP contribution is 2.29. The smallest absolute Gasteiger partial charge is 0.249 e. The Morgan fingerprint density at radius 2 is 1.86 bits per heavy atom. The van der Waals surface area contributed by atoms with Crippen molar-refractivity contribution in [2.45, 2.75) is 39.7 Å². The van der Waals surface area contributed by atoms with Crippen molar-refractivity contribution in [3.05, 3.63) is 24.3 Å². The highest BCUT2D eigenvalue weighted by molar-refractivity contribution is 7.18. The fourth-order valence-electron chi connectivity index (χ4n) is 3.19. The third-order valence-electron chi connectivity index (χ3n) is 4.74. The molecule has 8 heteroatoms. The summed E-state index contributed by atoms with van der Waals surface area (Å²) < 4.78 is 0. The lowest BCUT2D eigenvalue weighted by molar-refractivity contribution is -0.143. The lowest BCUT2D eigenvalue weighted by Gasteiger charge is -2.29. The van der Waals surface area contributed by atoms with E-state index in [4.69, 9.17) is 0 Å². The van der Waals surface area contributed by atoms with Crippen LogP contribution in [0.2, 0.25) is 0 Å². The summed E-state index contributed by atoms with van der Waals surface area (Å²) in [5.74, 6) is -0.190. The number of nitrogens with one attached hydrogen (secondary N) is 1. The molecule has 1 aromatic heterocycles. The normalized spacial score (nSPS) is 16.9. The minimum Gasteiger partial charge on any atom is -0.378 e. The van der Waals surface area contributed by atoms with Crippen LogP contribution in [0.3, 0.4) is 0 Å². The Morgan fingerprint density at radius 1 is 1.18 bits per heavy atom. The van der Waals surface area contributed by atoms with Crippen LogP contribution in [-0.2, 0) is 9.59 Å². The molecule has 3 rings (SSSR count). The number of carbonyl (C=O) groups excluding carboxylic acids is 2. The van der Waals surface area contributed by atoms with Crippen molar-refractivity contribution in [2.75, 3.05) is 30.9 Å². The SMILES string of the molecule is CN(C)c1ccc(-c2nnc(NC(=O)[C@@H]3CCCN3C(=O)C(C)(C)C)s2)cc1. The van der Waals surface area contributed by atoms with Crippen LogP contribution in [0.4, 0.5) is 10.8 Å². The molecule has 0 saturated carbocycles. The summed E-state index contributed by atoms with van der Waals surface area (Å²) in [6.07, 6.45) is 1.50. The Balaban J connectivity index is 1.69. The van der Waals surface area contributed by atoms with Crippen LogP contribution in [0.5, 0.6) is 0 Å². The van der Waals surface area contributed by atoms with Crippen LogP contribution in [0.15, 0.2) is 24.3 Å². The number of carbonyl (C=O) groups is 2. The number of rotatable bonds is 4. The number of hydrogen-bond acceptors (Lipinski definition) is 6. The zero-order chi connectivity index (χ0) is 20.5. The Kier molecular flexibility index (Phi) is 5.69. The monoisotopic (exact) mass is 401 g/mol. The van der Waals surface area contributed by atoms with Gasteiger partial charge in [-0.2, -0.15) is 0 Å². The van der Waals surface area contributed by atoms with Crippen LogP contribution in [0.25, 0.3) is 10.6 Å². The first kappa shape index (κ1) is 20.3. The number of nitrogens with zero attached hydrogens (tertiary/aromatic N) is 4. The van der Waals surface area contributed by atoms with E-state index in [1.165, 1.54) is 11.3 Å². The van der Waals surface area contributed by atoms with Gasteiger partial charge in [0.1, 0.15) is 11.0 Å². The first-order valence-electron chi connectivity index (χ1n) is 9.40. The van der Waals surface area contributed by atoms with E-state index >= 15 is 0 Å². The van der Waals surface area contributed by atoms with Gasteiger partial charge in [0, 0.05) is 37.3 Å². The third kappa shape index (κ3) is 4.32. The molecule has 0 unspecified atom stereocenters. The molecule has 1 saturated heterocycles. The first-order chi connectivity index (χ1) is 13.2. The number of likely N-dealkylation sites (tertiary alicyclic amines) is 1. The molecule has 1 aliphatic rings. The number of anilines is 2. The van der Waals surface area contributed by atoms with E-state index in [1.807, 2.05) is 64.0 Å². The molecule has 0 spiro atoms. The van der Waals surface area contributed by atoms with Gasteiger partial charge in [-0.3, -0.25) is 14.9 Å². The predicted molar refractivity (Wildman–Crippen MR) is 112 cm³/mol. The summed E-state index contributed by atoms with van der Waals surface area (Å²) >= 11 is 1.33. The minimum absolute atomic E-state index is 0.00378. The van der Waals surface area contributed by atoms with Crippen molar-refractivity contribution < 1.29 is 9.59 Å². The van der Waals surface area contributed by atoms with Gasteiger partial charge in [0.15, 0.2) is 0 Å². The molecule has 2 aromatic rings. The second-order valence-electron chi connectivity index (χ2n) is 8.25. The zero-order valence-electron chi connectivity index (χ0n) is 17.0. The molecular formula is C20H27N5O2S. The number of benzene rings is 1. The molecule has 150 valence electrons. The molecule has 1 aromatic carbocycles. The van der Waals surface area contributed by atoms with Gasteiger partial charge >= 0.3 is 0 Å². The van der Waals surface area contributed by atoms with Crippen LogP contribution in [0, 0.1) is 5.41 Å². The predicted octanol–water partition coefficient (Wildman–Crippen LogP) is 3.25. The number of amides is 2. The number of aromatic nitrogens is 2. The quantitative estimate of drug-likeness (QED) is 0.851. The van der Waals surface area contributed by atoms with Crippen LogP contribution < -0.4 is 10.2 Å². The largest absolute Gasteiger partial charge is 0.378 e. The van der Waals surface area contributed by atoms with E-state index in [1.54, 1.807) is 4.90 Å². The molecule has 1 N–H and O–H groups in total. The zero-order valence-corrected chi connectivity index (χ0v) is 17.8. The molecule has 28 heavy (non-hydrogen) atoms. The van der Waals surface area contributed by atoms with Gasteiger partial charge in [0.25, 0.3) is 0 Å². The van der Waals surface area contributed by atoms with E-state index in [-0.39, 0.29) is 11.8 Å². The van der Waals surface area contributed by atoms with Gasteiger partial charge in [0.05, 0.1) is 0 Å². The molecule has 0 aliphatic carbocycles. The maximum atomic E-state index is 12.8. The summed E-state index contributed by atoms with van der Waals surface area (Å²) in [4.78, 5) is 29.1. The molecular weight excluding hydrogens is 374 g/mol. The summed E-state index contributed by atoms with van der Waals surface area (Å²) in [6.45, 7) is 6.25. The van der Waals surface area contributed by atoms with Crippen molar-refractivity contribution >= 4 is 34.0 Å². The average Bonchev–Trinajstić information content (AvgIpc) is 3.29. The maximum absolute atomic E-state index is 12.8. The highest BCUT2D eigenvalue weighted by atomic mass is 32.1. The van der Waals surface area contributed by atoms with Crippen molar-refractivity contribution in [3.63, 3.8) is 0 Å². The minimum atomic E-state index is -0.502. The highest BCUT2D eigenvalue weighted by Gasteiger charge is 2.38. The van der Waals surface area contributed by atoms with Crippen LogP contribution >= 0.6 is 11.3 Å². The number of hydrogen-bond donors (Lipinski definition) is 1. The molecule has 0 radical (unpaired) electrons. The van der Waals surface area contributed by atoms with E-state index in [0.717, 1.165) is 22.7 Å².